The van der Waals surface area contributed by atoms with E-state index in [1.807, 2.05) is 18.7 Å². The maximum atomic E-state index is 13.4. The number of amides is 2. The van der Waals surface area contributed by atoms with E-state index in [1.54, 1.807) is 27.7 Å². The number of aliphatic hydroxyl groups excluding tert-OH is 1. The van der Waals surface area contributed by atoms with E-state index in [2.05, 4.69) is 0 Å². The topological polar surface area (TPSA) is 150 Å². The first-order valence-corrected chi connectivity index (χ1v) is 12.3. The van der Waals surface area contributed by atoms with E-state index in [0.29, 0.717) is 12.2 Å². The van der Waals surface area contributed by atoms with Crippen LogP contribution in [-0.4, -0.2) is 70.2 Å². The highest BCUT2D eigenvalue weighted by Gasteiger charge is 2.40. The lowest BCUT2D eigenvalue weighted by molar-refractivity contribution is -0.144. The molecule has 2 rings (SSSR count). The standard InChI is InChI=1S/C21H31ClFN3O4.C4H9NO/c1-12(2)14(20(29)30)8-18(27)16(24)9-25-10-19(28)26(11-21(25,3)4)17-6-5-13(23)7-15(17)22;1-3(2)4(5)6/h5-7,12,14,16,18,27H,8-11,24H2,1-4H3,(H,29,30);3H,1-2H3,(H2,5,6). The molecule has 1 aromatic rings. The van der Waals surface area contributed by atoms with Gasteiger partial charge in [-0.05, 0) is 44.4 Å². The molecule has 1 saturated heterocycles. The molecule has 2 amide bonds. The Kier molecular flexibility index (Phi) is 11.8. The van der Waals surface area contributed by atoms with Crippen molar-refractivity contribution in [2.24, 2.45) is 29.2 Å². The van der Waals surface area contributed by atoms with Crippen LogP contribution < -0.4 is 16.4 Å². The Balaban J connectivity index is 0.000000960. The highest BCUT2D eigenvalue weighted by Crippen LogP contribution is 2.32. The summed E-state index contributed by atoms with van der Waals surface area (Å²) in [6, 6.07) is 3.20. The third kappa shape index (κ3) is 8.99. The van der Waals surface area contributed by atoms with Gasteiger partial charge in [-0.15, -0.1) is 0 Å². The van der Waals surface area contributed by atoms with Gasteiger partial charge in [-0.3, -0.25) is 19.3 Å². The number of rotatable bonds is 9. The third-order valence-corrected chi connectivity index (χ3v) is 6.64. The Hall–Kier alpha value is -2.27. The molecule has 9 nitrogen and oxygen atoms in total. The molecule has 36 heavy (non-hydrogen) atoms. The van der Waals surface area contributed by atoms with Crippen molar-refractivity contribution in [3.8, 4) is 0 Å². The number of primary amides is 1. The third-order valence-electron chi connectivity index (χ3n) is 6.34. The fraction of sp³-hybridized carbons (Fsp3) is 0.640. The summed E-state index contributed by atoms with van der Waals surface area (Å²) in [5, 5.41) is 20.0. The minimum Gasteiger partial charge on any atom is -0.481 e. The molecule has 3 atom stereocenters. The van der Waals surface area contributed by atoms with Crippen LogP contribution in [0.3, 0.4) is 0 Å². The molecule has 1 aliphatic rings. The largest absolute Gasteiger partial charge is 0.481 e. The highest BCUT2D eigenvalue weighted by atomic mass is 35.5. The second kappa shape index (κ2) is 13.3. The van der Waals surface area contributed by atoms with Crippen molar-refractivity contribution >= 4 is 35.1 Å². The highest BCUT2D eigenvalue weighted by molar-refractivity contribution is 6.33. The normalized spacial score (nSPS) is 18.4. The van der Waals surface area contributed by atoms with E-state index in [4.69, 9.17) is 23.1 Å². The minimum absolute atomic E-state index is 0.00926. The number of aliphatic hydroxyl groups is 1. The summed E-state index contributed by atoms with van der Waals surface area (Å²) in [6.45, 7) is 11.6. The van der Waals surface area contributed by atoms with Gasteiger partial charge in [0.15, 0.2) is 0 Å². The molecule has 1 aromatic carbocycles. The van der Waals surface area contributed by atoms with E-state index in [-0.39, 0.29) is 48.2 Å². The van der Waals surface area contributed by atoms with Crippen molar-refractivity contribution in [3.05, 3.63) is 29.0 Å². The van der Waals surface area contributed by atoms with Crippen LogP contribution in [0.1, 0.15) is 48.0 Å². The van der Waals surface area contributed by atoms with Gasteiger partial charge < -0.3 is 26.6 Å². The molecule has 11 heteroatoms. The lowest BCUT2D eigenvalue weighted by atomic mass is 9.87. The molecule has 1 fully saturated rings. The average molecular weight is 531 g/mol. The number of nitrogens with zero attached hydrogens (tertiary/aromatic N) is 2. The maximum Gasteiger partial charge on any atom is 0.306 e. The van der Waals surface area contributed by atoms with Gasteiger partial charge in [-0.25, -0.2) is 4.39 Å². The number of carboxylic acids is 1. The van der Waals surface area contributed by atoms with Gasteiger partial charge in [-0.1, -0.05) is 39.3 Å². The zero-order valence-electron chi connectivity index (χ0n) is 21.9. The van der Waals surface area contributed by atoms with Crippen molar-refractivity contribution in [2.75, 3.05) is 24.5 Å². The summed E-state index contributed by atoms with van der Waals surface area (Å²) < 4.78 is 13.4. The van der Waals surface area contributed by atoms with Gasteiger partial charge in [0.25, 0.3) is 0 Å². The number of benzene rings is 1. The van der Waals surface area contributed by atoms with Gasteiger partial charge in [0, 0.05) is 30.6 Å². The first-order valence-electron chi connectivity index (χ1n) is 11.9. The second-order valence-electron chi connectivity index (χ2n) is 10.5. The number of nitrogens with two attached hydrogens (primary N) is 2. The van der Waals surface area contributed by atoms with Crippen molar-refractivity contribution in [1.82, 2.24) is 4.90 Å². The molecule has 0 saturated carbocycles. The number of halogens is 2. The average Bonchev–Trinajstić information content (AvgIpc) is 2.74. The van der Waals surface area contributed by atoms with E-state index in [9.17, 15) is 29.0 Å². The minimum atomic E-state index is -1.01. The van der Waals surface area contributed by atoms with E-state index < -0.39 is 35.4 Å². The number of piperazine rings is 1. The molecule has 0 spiro atoms. The van der Waals surface area contributed by atoms with Gasteiger partial charge in [-0.2, -0.15) is 0 Å². The Morgan fingerprint density at radius 1 is 1.22 bits per heavy atom. The van der Waals surface area contributed by atoms with Crippen LogP contribution in [0.15, 0.2) is 18.2 Å². The van der Waals surface area contributed by atoms with Crippen LogP contribution in [-0.2, 0) is 14.4 Å². The molecular formula is C25H40ClFN4O5. The number of aliphatic carboxylic acids is 1. The summed E-state index contributed by atoms with van der Waals surface area (Å²) in [5.41, 5.74) is 10.9. The van der Waals surface area contributed by atoms with Crippen molar-refractivity contribution < 1.29 is 29.0 Å². The zero-order chi connectivity index (χ0) is 28.0. The Morgan fingerprint density at radius 2 is 1.78 bits per heavy atom. The van der Waals surface area contributed by atoms with Crippen LogP contribution in [0.4, 0.5) is 10.1 Å². The molecule has 0 aromatic heterocycles. The molecule has 1 heterocycles. The number of hydrogen-bond acceptors (Lipinski definition) is 6. The Bertz CT molecular complexity index is 928. The van der Waals surface area contributed by atoms with E-state index >= 15 is 0 Å². The lowest BCUT2D eigenvalue weighted by Crippen LogP contribution is -2.64. The quantitative estimate of drug-likeness (QED) is 0.383. The van der Waals surface area contributed by atoms with Crippen LogP contribution in [0.25, 0.3) is 0 Å². The summed E-state index contributed by atoms with van der Waals surface area (Å²) in [6.07, 6.45) is -0.961. The van der Waals surface area contributed by atoms with Crippen molar-refractivity contribution in [3.63, 3.8) is 0 Å². The number of carbonyl (C=O) groups excluding carboxylic acids is 2. The smallest absolute Gasteiger partial charge is 0.306 e. The summed E-state index contributed by atoms with van der Waals surface area (Å²) >= 11 is 6.13. The summed E-state index contributed by atoms with van der Waals surface area (Å²) in [5.74, 6) is -2.73. The first-order chi connectivity index (χ1) is 16.5. The zero-order valence-corrected chi connectivity index (χ0v) is 22.6. The molecule has 6 N–H and O–H groups in total. The monoisotopic (exact) mass is 530 g/mol. The van der Waals surface area contributed by atoms with Gasteiger partial charge in [0.05, 0.1) is 29.3 Å². The van der Waals surface area contributed by atoms with Crippen LogP contribution >= 0.6 is 11.6 Å². The molecule has 3 unspecified atom stereocenters. The molecule has 204 valence electrons. The predicted octanol–water partition coefficient (Wildman–Crippen LogP) is 2.47. The molecular weight excluding hydrogens is 491 g/mol. The van der Waals surface area contributed by atoms with Gasteiger partial charge >= 0.3 is 5.97 Å². The van der Waals surface area contributed by atoms with Crippen molar-refractivity contribution in [2.45, 2.75) is 65.6 Å². The van der Waals surface area contributed by atoms with E-state index in [1.165, 1.54) is 23.1 Å². The number of carbonyl (C=O) groups is 3. The summed E-state index contributed by atoms with van der Waals surface area (Å²) in [4.78, 5) is 37.5. The van der Waals surface area contributed by atoms with Crippen LogP contribution in [0, 0.1) is 23.6 Å². The Labute approximate surface area is 217 Å². The molecule has 0 bridgehead atoms. The summed E-state index contributed by atoms with van der Waals surface area (Å²) in [7, 11) is 0. The van der Waals surface area contributed by atoms with Gasteiger partial charge in [0.1, 0.15) is 5.82 Å². The maximum absolute atomic E-state index is 13.4. The number of carboxylic acid groups (broad SMARTS) is 1. The number of anilines is 1. The SMILES string of the molecule is CC(C)C(CC(O)C(N)CN1CC(=O)N(c2ccc(F)cc2Cl)CC1(C)C)C(=O)O.CC(C)C(N)=O. The van der Waals surface area contributed by atoms with Gasteiger partial charge in [0.2, 0.25) is 11.8 Å². The van der Waals surface area contributed by atoms with Crippen LogP contribution in [0.5, 0.6) is 0 Å². The fourth-order valence-electron chi connectivity index (χ4n) is 3.74. The molecule has 0 aliphatic carbocycles. The predicted molar refractivity (Wildman–Crippen MR) is 138 cm³/mol. The van der Waals surface area contributed by atoms with Crippen LogP contribution in [0.2, 0.25) is 5.02 Å². The molecule has 0 radical (unpaired) electrons. The lowest BCUT2D eigenvalue weighted by Gasteiger charge is -2.47. The fourth-order valence-corrected chi connectivity index (χ4v) is 4.01. The second-order valence-corrected chi connectivity index (χ2v) is 10.9. The van der Waals surface area contributed by atoms with Crippen molar-refractivity contribution in [1.29, 1.82) is 0 Å². The van der Waals surface area contributed by atoms with E-state index in [0.717, 1.165) is 0 Å². The Morgan fingerprint density at radius 3 is 2.22 bits per heavy atom. The molecule has 1 aliphatic heterocycles. The first kappa shape index (κ1) is 31.8. The number of hydrogen-bond donors (Lipinski definition) is 4.